The molecule has 0 N–H and O–H groups in total. The van der Waals surface area contributed by atoms with Crippen LogP contribution in [0.3, 0.4) is 0 Å². The molecule has 0 saturated carbocycles. The van der Waals surface area contributed by atoms with Crippen LogP contribution in [0.25, 0.3) is 16.6 Å². The average Bonchev–Trinajstić information content (AvgIpc) is 3.60. The number of aryl methyl sites for hydroxylation is 1. The van der Waals surface area contributed by atoms with E-state index in [9.17, 15) is 0 Å². The molecule has 0 amide bonds. The minimum Gasteiger partial charge on any atom is -0.341 e. The van der Waals surface area contributed by atoms with Crippen LogP contribution < -0.4 is 4.90 Å². The van der Waals surface area contributed by atoms with Crippen LogP contribution in [0.5, 0.6) is 0 Å². The SMILES string of the molecule is CCc1cnc(N2CCC(c3cnc(Cn4ccc5cc(-n6cnnn6)ccc54)c(F)c3)CC2)nc1. The Balaban J connectivity index is 1.13. The van der Waals surface area contributed by atoms with Gasteiger partial charge in [0.2, 0.25) is 5.95 Å². The summed E-state index contributed by atoms with van der Waals surface area (Å²) in [5.74, 6) is 0.791. The lowest BCUT2D eigenvalue weighted by molar-refractivity contribution is 0.492. The Morgan fingerprint density at radius 3 is 2.56 bits per heavy atom. The number of pyridine rings is 1. The molecule has 6 rings (SSSR count). The lowest BCUT2D eigenvalue weighted by atomic mass is 9.90. The third-order valence-electron chi connectivity index (χ3n) is 6.98. The lowest BCUT2D eigenvalue weighted by Crippen LogP contribution is -2.34. The summed E-state index contributed by atoms with van der Waals surface area (Å²) in [4.78, 5) is 15.7. The maximum Gasteiger partial charge on any atom is 0.225 e. The summed E-state index contributed by atoms with van der Waals surface area (Å²) < 4.78 is 18.7. The van der Waals surface area contributed by atoms with Gasteiger partial charge in [0.15, 0.2) is 0 Å². The van der Waals surface area contributed by atoms with Crippen LogP contribution >= 0.6 is 0 Å². The van der Waals surface area contributed by atoms with Gasteiger partial charge in [-0.2, -0.15) is 0 Å². The van der Waals surface area contributed by atoms with Crippen molar-refractivity contribution in [3.63, 3.8) is 0 Å². The van der Waals surface area contributed by atoms with Gasteiger partial charge in [-0.15, -0.1) is 5.10 Å². The minimum atomic E-state index is -0.263. The molecule has 1 fully saturated rings. The maximum absolute atomic E-state index is 15.1. The Hall–Kier alpha value is -4.21. The molecule has 0 bridgehead atoms. The smallest absolute Gasteiger partial charge is 0.225 e. The number of rotatable bonds is 6. The van der Waals surface area contributed by atoms with Gasteiger partial charge in [-0.25, -0.2) is 19.0 Å². The predicted molar refractivity (Wildman–Crippen MR) is 134 cm³/mol. The van der Waals surface area contributed by atoms with Crippen LogP contribution in [0.15, 0.2) is 61.4 Å². The number of anilines is 1. The number of hydrogen-bond donors (Lipinski definition) is 0. The van der Waals surface area contributed by atoms with Crippen LogP contribution in [-0.4, -0.2) is 52.8 Å². The lowest BCUT2D eigenvalue weighted by Gasteiger charge is -2.32. The van der Waals surface area contributed by atoms with Gasteiger partial charge in [0.05, 0.1) is 17.9 Å². The number of fused-ring (bicyclic) bond motifs is 1. The molecule has 5 aromatic rings. The topological polar surface area (TPSA) is 90.4 Å². The van der Waals surface area contributed by atoms with E-state index >= 15 is 4.39 Å². The van der Waals surface area contributed by atoms with Gasteiger partial charge in [0.25, 0.3) is 0 Å². The Bertz CT molecular complexity index is 1470. The van der Waals surface area contributed by atoms with Gasteiger partial charge in [-0.05, 0) is 77.1 Å². The zero-order chi connectivity index (χ0) is 24.5. The quantitative estimate of drug-likeness (QED) is 0.361. The third-order valence-corrected chi connectivity index (χ3v) is 6.98. The van der Waals surface area contributed by atoms with Crippen LogP contribution in [0.4, 0.5) is 10.3 Å². The second-order valence-corrected chi connectivity index (χ2v) is 9.14. The molecule has 0 radical (unpaired) electrons. The van der Waals surface area contributed by atoms with E-state index in [2.05, 4.69) is 42.3 Å². The van der Waals surface area contributed by atoms with Crippen LogP contribution in [-0.2, 0) is 13.0 Å². The van der Waals surface area contributed by atoms with Crippen molar-refractivity contribution in [2.75, 3.05) is 18.0 Å². The highest BCUT2D eigenvalue weighted by Gasteiger charge is 2.23. The number of benzene rings is 1. The normalized spacial score (nSPS) is 14.6. The van der Waals surface area contributed by atoms with Crippen molar-refractivity contribution >= 4 is 16.9 Å². The Kier molecular flexibility index (Phi) is 5.84. The Morgan fingerprint density at radius 1 is 1.00 bits per heavy atom. The highest BCUT2D eigenvalue weighted by molar-refractivity contribution is 5.82. The first kappa shape index (κ1) is 22.3. The van der Waals surface area contributed by atoms with Crippen molar-refractivity contribution in [1.82, 2.24) is 39.7 Å². The standard InChI is InChI=1S/C26H26FN9/c1-2-18-13-29-26(30-14-18)34-8-5-19(6-9-34)21-12-23(27)24(28-15-21)16-35-10-7-20-11-22(3-4-25(20)35)36-17-31-32-33-36/h3-4,7,10-15,17,19H,2,5-6,8-9,16H2,1H3. The van der Waals surface area contributed by atoms with Crippen LogP contribution in [0.2, 0.25) is 0 Å². The zero-order valence-corrected chi connectivity index (χ0v) is 20.0. The summed E-state index contributed by atoms with van der Waals surface area (Å²) in [7, 11) is 0. The van der Waals surface area contributed by atoms with E-state index in [1.165, 1.54) is 0 Å². The van der Waals surface area contributed by atoms with Crippen molar-refractivity contribution in [1.29, 1.82) is 0 Å². The molecule has 36 heavy (non-hydrogen) atoms. The molecule has 4 aromatic heterocycles. The maximum atomic E-state index is 15.1. The predicted octanol–water partition coefficient (Wildman–Crippen LogP) is 3.94. The summed E-state index contributed by atoms with van der Waals surface area (Å²) in [6.07, 6.45) is 11.9. The van der Waals surface area contributed by atoms with Crippen molar-refractivity contribution in [2.45, 2.75) is 38.6 Å². The summed E-state index contributed by atoms with van der Waals surface area (Å²) in [6.45, 7) is 4.16. The van der Waals surface area contributed by atoms with Gasteiger partial charge < -0.3 is 9.47 Å². The van der Waals surface area contributed by atoms with Crippen molar-refractivity contribution in [3.8, 4) is 5.69 Å². The fourth-order valence-corrected chi connectivity index (χ4v) is 4.84. The minimum absolute atomic E-state index is 0.263. The summed E-state index contributed by atoms with van der Waals surface area (Å²) in [6, 6.07) is 9.60. The number of hydrogen-bond acceptors (Lipinski definition) is 7. The molecule has 0 unspecified atom stereocenters. The third kappa shape index (κ3) is 4.30. The fraction of sp³-hybridized carbons (Fsp3) is 0.308. The van der Waals surface area contributed by atoms with E-state index in [1.807, 2.05) is 53.6 Å². The van der Waals surface area contributed by atoms with Gasteiger partial charge in [0.1, 0.15) is 12.1 Å². The highest BCUT2D eigenvalue weighted by Crippen LogP contribution is 2.30. The molecule has 0 atom stereocenters. The first-order valence-electron chi connectivity index (χ1n) is 12.2. The fourth-order valence-electron chi connectivity index (χ4n) is 4.84. The van der Waals surface area contributed by atoms with E-state index in [0.29, 0.717) is 12.2 Å². The summed E-state index contributed by atoms with van der Waals surface area (Å²) in [5.41, 5.74) is 4.40. The van der Waals surface area contributed by atoms with Crippen LogP contribution in [0, 0.1) is 5.82 Å². The molecule has 10 heteroatoms. The number of aromatic nitrogens is 8. The molecule has 9 nitrogen and oxygen atoms in total. The second-order valence-electron chi connectivity index (χ2n) is 9.14. The van der Waals surface area contributed by atoms with Crippen molar-refractivity contribution in [3.05, 3.63) is 84.1 Å². The summed E-state index contributed by atoms with van der Waals surface area (Å²) in [5, 5.41) is 12.3. The monoisotopic (exact) mass is 483 g/mol. The van der Waals surface area contributed by atoms with Gasteiger partial charge in [0, 0.05) is 48.8 Å². The molecule has 0 aliphatic carbocycles. The molecule has 0 spiro atoms. The first-order valence-corrected chi connectivity index (χ1v) is 12.2. The number of halogens is 1. The van der Waals surface area contributed by atoms with Crippen molar-refractivity contribution < 1.29 is 4.39 Å². The molecular weight excluding hydrogens is 457 g/mol. The molecule has 182 valence electrons. The van der Waals surface area contributed by atoms with E-state index in [-0.39, 0.29) is 11.7 Å². The highest BCUT2D eigenvalue weighted by atomic mass is 19.1. The molecule has 1 aromatic carbocycles. The van der Waals surface area contributed by atoms with E-state index < -0.39 is 0 Å². The molecule has 1 saturated heterocycles. The van der Waals surface area contributed by atoms with E-state index in [1.54, 1.807) is 17.1 Å². The van der Waals surface area contributed by atoms with Gasteiger partial charge >= 0.3 is 0 Å². The number of piperidine rings is 1. The molecule has 1 aliphatic heterocycles. The molecule has 1 aliphatic rings. The van der Waals surface area contributed by atoms with Crippen molar-refractivity contribution in [2.24, 2.45) is 0 Å². The van der Waals surface area contributed by atoms with Gasteiger partial charge in [-0.3, -0.25) is 4.98 Å². The first-order chi connectivity index (χ1) is 17.7. The average molecular weight is 484 g/mol. The Labute approximate surface area is 207 Å². The second kappa shape index (κ2) is 9.44. The summed E-state index contributed by atoms with van der Waals surface area (Å²) >= 11 is 0. The largest absolute Gasteiger partial charge is 0.341 e. The van der Waals surface area contributed by atoms with E-state index in [0.717, 1.165) is 66.0 Å². The van der Waals surface area contributed by atoms with Crippen LogP contribution in [0.1, 0.15) is 42.5 Å². The number of nitrogens with zero attached hydrogens (tertiary/aromatic N) is 9. The Morgan fingerprint density at radius 2 is 1.83 bits per heavy atom. The molecule has 5 heterocycles. The molecular formula is C26H26FN9. The van der Waals surface area contributed by atoms with E-state index in [4.69, 9.17) is 0 Å². The van der Waals surface area contributed by atoms with Gasteiger partial charge in [-0.1, -0.05) is 6.92 Å². The zero-order valence-electron chi connectivity index (χ0n) is 20.0. The number of tetrazole rings is 1.